The minimum atomic E-state index is -0.584. The summed E-state index contributed by atoms with van der Waals surface area (Å²) in [6, 6.07) is 13.0. The Morgan fingerprint density at radius 3 is 2.24 bits per heavy atom. The van der Waals surface area contributed by atoms with E-state index in [2.05, 4.69) is 12.2 Å². The van der Waals surface area contributed by atoms with Gasteiger partial charge in [-0.3, -0.25) is 4.79 Å². The highest BCUT2D eigenvalue weighted by Gasteiger charge is 2.20. The molecule has 0 saturated carbocycles. The second kappa shape index (κ2) is 8.97. The normalized spacial score (nSPS) is 11.5. The molecule has 2 aromatic carbocycles. The number of anilines is 1. The Labute approximate surface area is 148 Å². The first-order valence-electron chi connectivity index (χ1n) is 8.39. The fourth-order valence-corrected chi connectivity index (χ4v) is 2.41. The third-order valence-electron chi connectivity index (χ3n) is 3.94. The fraction of sp³-hybridized carbons (Fsp3) is 0.350. The van der Waals surface area contributed by atoms with Crippen molar-refractivity contribution in [1.29, 1.82) is 0 Å². The van der Waals surface area contributed by atoms with Gasteiger partial charge in [0.05, 0.1) is 19.9 Å². The van der Waals surface area contributed by atoms with Crippen molar-refractivity contribution in [2.45, 2.75) is 32.8 Å². The molecule has 1 N–H and O–H groups in total. The molecule has 1 atom stereocenters. The van der Waals surface area contributed by atoms with Gasteiger partial charge in [-0.1, -0.05) is 26.0 Å². The number of methoxy groups -OCH3 is 2. The van der Waals surface area contributed by atoms with Gasteiger partial charge in [0.25, 0.3) is 5.91 Å². The molecule has 2 aromatic rings. The third-order valence-corrected chi connectivity index (χ3v) is 3.94. The maximum Gasteiger partial charge on any atom is 0.265 e. The summed E-state index contributed by atoms with van der Waals surface area (Å²) in [7, 11) is 3.13. The molecule has 134 valence electrons. The molecular weight excluding hydrogens is 318 g/mol. The summed E-state index contributed by atoms with van der Waals surface area (Å²) in [5.41, 5.74) is 1.81. The smallest absolute Gasteiger partial charge is 0.265 e. The lowest BCUT2D eigenvalue weighted by Crippen LogP contribution is -2.32. The van der Waals surface area contributed by atoms with E-state index >= 15 is 0 Å². The zero-order chi connectivity index (χ0) is 18.2. The molecule has 5 heteroatoms. The van der Waals surface area contributed by atoms with Gasteiger partial charge in [-0.05, 0) is 42.7 Å². The lowest BCUT2D eigenvalue weighted by Gasteiger charge is -2.18. The van der Waals surface area contributed by atoms with Crippen molar-refractivity contribution >= 4 is 11.6 Å². The summed E-state index contributed by atoms with van der Waals surface area (Å²) in [5.74, 6) is 1.66. The molecular formula is C20H25NO4. The molecule has 1 unspecified atom stereocenters. The first kappa shape index (κ1) is 18.6. The molecule has 0 aliphatic carbocycles. The first-order chi connectivity index (χ1) is 12.1. The lowest BCUT2D eigenvalue weighted by atomic mass is 10.1. The van der Waals surface area contributed by atoms with Gasteiger partial charge in [0.1, 0.15) is 17.2 Å². The average Bonchev–Trinajstić information content (AvgIpc) is 2.66. The van der Waals surface area contributed by atoms with Crippen LogP contribution in [0.3, 0.4) is 0 Å². The van der Waals surface area contributed by atoms with Crippen LogP contribution < -0.4 is 19.5 Å². The molecule has 0 spiro atoms. The Morgan fingerprint density at radius 1 is 1.00 bits per heavy atom. The molecule has 0 saturated heterocycles. The number of ether oxygens (including phenoxy) is 3. The second-order valence-corrected chi connectivity index (χ2v) is 5.57. The SMILES string of the molecule is CCc1ccc(OC(CC)C(=O)Nc2ccc(OC)cc2OC)cc1. The van der Waals surface area contributed by atoms with Crippen molar-refractivity contribution in [1.82, 2.24) is 0 Å². The van der Waals surface area contributed by atoms with Crippen LogP contribution >= 0.6 is 0 Å². The van der Waals surface area contributed by atoms with Crippen LogP contribution in [0.4, 0.5) is 5.69 Å². The highest BCUT2D eigenvalue weighted by atomic mass is 16.5. The first-order valence-corrected chi connectivity index (χ1v) is 8.39. The van der Waals surface area contributed by atoms with Crippen molar-refractivity contribution in [3.63, 3.8) is 0 Å². The lowest BCUT2D eigenvalue weighted by molar-refractivity contribution is -0.122. The Bertz CT molecular complexity index is 697. The predicted octanol–water partition coefficient (Wildman–Crippen LogP) is 4.06. The third kappa shape index (κ3) is 4.89. The van der Waals surface area contributed by atoms with E-state index in [1.165, 1.54) is 5.56 Å². The zero-order valence-corrected chi connectivity index (χ0v) is 15.2. The summed E-state index contributed by atoms with van der Waals surface area (Å²) < 4.78 is 16.3. The van der Waals surface area contributed by atoms with Crippen molar-refractivity contribution in [2.24, 2.45) is 0 Å². The number of benzene rings is 2. The van der Waals surface area contributed by atoms with Crippen LogP contribution in [0.15, 0.2) is 42.5 Å². The van der Waals surface area contributed by atoms with E-state index in [0.717, 1.165) is 6.42 Å². The van der Waals surface area contributed by atoms with Gasteiger partial charge in [-0.15, -0.1) is 0 Å². The van der Waals surface area contributed by atoms with Crippen molar-refractivity contribution in [3.8, 4) is 17.2 Å². The summed E-state index contributed by atoms with van der Waals surface area (Å²) >= 11 is 0. The largest absolute Gasteiger partial charge is 0.497 e. The van der Waals surface area contributed by atoms with Crippen LogP contribution in [0.2, 0.25) is 0 Å². The number of amides is 1. The van der Waals surface area contributed by atoms with Gasteiger partial charge >= 0.3 is 0 Å². The van der Waals surface area contributed by atoms with Gasteiger partial charge in [0, 0.05) is 6.07 Å². The fourth-order valence-electron chi connectivity index (χ4n) is 2.41. The molecule has 0 aliphatic heterocycles. The van der Waals surface area contributed by atoms with Gasteiger partial charge in [-0.2, -0.15) is 0 Å². The van der Waals surface area contributed by atoms with E-state index in [9.17, 15) is 4.79 Å². The van der Waals surface area contributed by atoms with E-state index < -0.39 is 6.10 Å². The van der Waals surface area contributed by atoms with E-state index in [1.807, 2.05) is 31.2 Å². The summed E-state index contributed by atoms with van der Waals surface area (Å²) in [6.07, 6.45) is 0.939. The van der Waals surface area contributed by atoms with Crippen LogP contribution in [0.5, 0.6) is 17.2 Å². The number of carbonyl (C=O) groups excluding carboxylic acids is 1. The van der Waals surface area contributed by atoms with Gasteiger partial charge in [-0.25, -0.2) is 0 Å². The maximum absolute atomic E-state index is 12.6. The number of rotatable bonds is 8. The monoisotopic (exact) mass is 343 g/mol. The predicted molar refractivity (Wildman–Crippen MR) is 98.7 cm³/mol. The van der Waals surface area contributed by atoms with Crippen LogP contribution in [0.25, 0.3) is 0 Å². The van der Waals surface area contributed by atoms with Gasteiger partial charge in [0.15, 0.2) is 6.10 Å². The number of hydrogen-bond acceptors (Lipinski definition) is 4. The van der Waals surface area contributed by atoms with Crippen molar-refractivity contribution in [3.05, 3.63) is 48.0 Å². The van der Waals surface area contributed by atoms with Crippen LogP contribution in [-0.4, -0.2) is 26.2 Å². The van der Waals surface area contributed by atoms with Gasteiger partial charge in [0.2, 0.25) is 0 Å². The molecule has 25 heavy (non-hydrogen) atoms. The number of hydrogen-bond donors (Lipinski definition) is 1. The van der Waals surface area contributed by atoms with E-state index in [1.54, 1.807) is 32.4 Å². The molecule has 0 heterocycles. The topological polar surface area (TPSA) is 56.8 Å². The molecule has 0 aromatic heterocycles. The molecule has 0 bridgehead atoms. The summed E-state index contributed by atoms with van der Waals surface area (Å²) in [4.78, 5) is 12.6. The van der Waals surface area contributed by atoms with Gasteiger partial charge < -0.3 is 19.5 Å². The van der Waals surface area contributed by atoms with E-state index in [0.29, 0.717) is 29.4 Å². The standard InChI is InChI=1S/C20H25NO4/c1-5-14-7-9-15(10-8-14)25-18(6-2)20(22)21-17-12-11-16(23-3)13-19(17)24-4/h7-13,18H,5-6H2,1-4H3,(H,21,22). The summed E-state index contributed by atoms with van der Waals surface area (Å²) in [6.45, 7) is 4.01. The second-order valence-electron chi connectivity index (χ2n) is 5.57. The van der Waals surface area contributed by atoms with Crippen LogP contribution in [0, 0.1) is 0 Å². The minimum absolute atomic E-state index is 0.217. The molecule has 0 radical (unpaired) electrons. The Balaban J connectivity index is 2.08. The highest BCUT2D eigenvalue weighted by Crippen LogP contribution is 2.29. The number of carbonyl (C=O) groups is 1. The number of nitrogens with one attached hydrogen (secondary N) is 1. The molecule has 5 nitrogen and oxygen atoms in total. The average molecular weight is 343 g/mol. The Kier molecular flexibility index (Phi) is 6.69. The van der Waals surface area contributed by atoms with Crippen LogP contribution in [-0.2, 0) is 11.2 Å². The summed E-state index contributed by atoms with van der Waals surface area (Å²) in [5, 5.41) is 2.86. The van der Waals surface area contributed by atoms with E-state index in [4.69, 9.17) is 14.2 Å². The van der Waals surface area contributed by atoms with Crippen molar-refractivity contribution in [2.75, 3.05) is 19.5 Å². The molecule has 1 amide bonds. The maximum atomic E-state index is 12.6. The Hall–Kier alpha value is -2.69. The van der Waals surface area contributed by atoms with Crippen LogP contribution in [0.1, 0.15) is 25.8 Å². The minimum Gasteiger partial charge on any atom is -0.497 e. The molecule has 2 rings (SSSR count). The van der Waals surface area contributed by atoms with E-state index in [-0.39, 0.29) is 5.91 Å². The molecule has 0 fully saturated rings. The quantitative estimate of drug-likeness (QED) is 0.785. The number of aryl methyl sites for hydroxylation is 1. The van der Waals surface area contributed by atoms with Crippen molar-refractivity contribution < 1.29 is 19.0 Å². The zero-order valence-electron chi connectivity index (χ0n) is 15.2. The highest BCUT2D eigenvalue weighted by molar-refractivity contribution is 5.95. The Morgan fingerprint density at radius 2 is 1.68 bits per heavy atom. The molecule has 0 aliphatic rings.